The van der Waals surface area contributed by atoms with Crippen molar-refractivity contribution >= 4 is 13.2 Å². The first-order valence-corrected chi connectivity index (χ1v) is 12.1. The highest BCUT2D eigenvalue weighted by Gasteiger charge is 2.64. The molecule has 1 aliphatic carbocycles. The largest absolute Gasteiger partial charge is 0.375 e. The van der Waals surface area contributed by atoms with E-state index < -0.39 is 7.29 Å². The first-order valence-electron chi connectivity index (χ1n) is 9.58. The van der Waals surface area contributed by atoms with Crippen LogP contribution in [0.1, 0.15) is 52.4 Å². The van der Waals surface area contributed by atoms with Crippen molar-refractivity contribution in [3.05, 3.63) is 0 Å². The highest BCUT2D eigenvalue weighted by atomic mass is 31.2. The second-order valence-electron chi connectivity index (χ2n) is 8.86. The Morgan fingerprint density at radius 2 is 1.67 bits per heavy atom. The molecule has 4 fully saturated rings. The molecule has 0 N–H and O–H groups in total. The minimum atomic E-state index is -2.35. The van der Waals surface area contributed by atoms with Crippen molar-refractivity contribution in [1.82, 2.24) is 9.57 Å². The van der Waals surface area contributed by atoms with Gasteiger partial charge in [0.05, 0.1) is 12.2 Å². The van der Waals surface area contributed by atoms with Crippen LogP contribution in [-0.2, 0) is 14.1 Å². The Hall–Kier alpha value is -0.380. The maximum Gasteiger partial charge on any atom is 0.242 e. The first kappa shape index (κ1) is 17.1. The fourth-order valence-corrected chi connectivity index (χ4v) is 6.90. The van der Waals surface area contributed by atoms with Gasteiger partial charge < -0.3 is 14.2 Å². The van der Waals surface area contributed by atoms with Gasteiger partial charge in [0.15, 0.2) is 0 Å². The first-order chi connectivity index (χ1) is 11.3. The number of carbonyl (C=O) groups excluding carboxylic acids is 1. The maximum absolute atomic E-state index is 13.3. The molecule has 24 heavy (non-hydrogen) atoms. The quantitative estimate of drug-likeness (QED) is 0.563. The fourth-order valence-electron chi connectivity index (χ4n) is 5.16. The molecule has 1 amide bonds. The van der Waals surface area contributed by atoms with Gasteiger partial charge in [-0.3, -0.25) is 4.79 Å². The number of amides is 1. The molecule has 1 saturated carbocycles. The predicted octanol–water partition coefficient (Wildman–Crippen LogP) is 2.93. The van der Waals surface area contributed by atoms with Crippen LogP contribution in [0.3, 0.4) is 0 Å². The monoisotopic (exact) mass is 354 g/mol. The van der Waals surface area contributed by atoms with Crippen LogP contribution in [0.25, 0.3) is 0 Å². The zero-order valence-electron chi connectivity index (χ0n) is 15.4. The Morgan fingerprint density at radius 1 is 1.08 bits per heavy atom. The topological polar surface area (TPSA) is 49.6 Å². The molecule has 136 valence electrons. The Balaban J connectivity index is 1.47. The van der Waals surface area contributed by atoms with Gasteiger partial charge in [-0.05, 0) is 58.3 Å². The van der Waals surface area contributed by atoms with Crippen molar-refractivity contribution < 1.29 is 14.1 Å². The van der Waals surface area contributed by atoms with E-state index in [1.165, 1.54) is 12.8 Å². The predicted molar refractivity (Wildman–Crippen MR) is 94.5 cm³/mol. The molecule has 0 spiro atoms. The smallest absolute Gasteiger partial charge is 0.242 e. The van der Waals surface area contributed by atoms with Gasteiger partial charge >= 0.3 is 0 Å². The number of hydrogen-bond donors (Lipinski definition) is 0. The van der Waals surface area contributed by atoms with Gasteiger partial charge in [0.25, 0.3) is 0 Å². The number of piperidine rings is 1. The minimum Gasteiger partial charge on any atom is -0.375 e. The highest BCUT2D eigenvalue weighted by Crippen LogP contribution is 2.61. The van der Waals surface area contributed by atoms with E-state index in [1.807, 2.05) is 18.0 Å². The molecular weight excluding hydrogens is 323 g/mol. The van der Waals surface area contributed by atoms with Crippen LogP contribution in [0.15, 0.2) is 0 Å². The normalized spacial score (nSPS) is 41.8. The van der Waals surface area contributed by atoms with Crippen molar-refractivity contribution in [2.75, 3.05) is 13.3 Å². The summed E-state index contributed by atoms with van der Waals surface area (Å²) in [5, 5.41) is 0. The van der Waals surface area contributed by atoms with Crippen LogP contribution in [0.4, 0.5) is 0 Å². The van der Waals surface area contributed by atoms with E-state index in [0.717, 1.165) is 25.7 Å². The molecular formula is C18H31N2O3P. The molecule has 0 aromatic carbocycles. The highest BCUT2D eigenvalue weighted by molar-refractivity contribution is 7.60. The molecule has 3 saturated heterocycles. The lowest BCUT2D eigenvalue weighted by Gasteiger charge is -2.39. The second-order valence-corrected chi connectivity index (χ2v) is 11.9. The van der Waals surface area contributed by atoms with Crippen molar-refractivity contribution in [3.63, 3.8) is 0 Å². The average molecular weight is 354 g/mol. The van der Waals surface area contributed by atoms with Crippen LogP contribution < -0.4 is 0 Å². The second kappa shape index (κ2) is 5.82. The minimum absolute atomic E-state index is 0.107. The lowest BCUT2D eigenvalue weighted by Crippen LogP contribution is -2.51. The molecule has 0 aromatic heterocycles. The summed E-state index contributed by atoms with van der Waals surface area (Å²) in [6.45, 7) is 7.80. The number of hydrogen-bond acceptors (Lipinski definition) is 3. The van der Waals surface area contributed by atoms with Gasteiger partial charge in [0.2, 0.25) is 5.91 Å². The number of carbonyl (C=O) groups is 1. The van der Waals surface area contributed by atoms with E-state index in [4.69, 9.17) is 4.74 Å². The van der Waals surface area contributed by atoms with Gasteiger partial charge in [-0.15, -0.1) is 0 Å². The Kier molecular flexibility index (Phi) is 4.14. The van der Waals surface area contributed by atoms with Crippen molar-refractivity contribution in [1.29, 1.82) is 0 Å². The van der Waals surface area contributed by atoms with Crippen LogP contribution in [0.2, 0.25) is 0 Å². The lowest BCUT2D eigenvalue weighted by molar-refractivity contribution is -0.139. The zero-order valence-corrected chi connectivity index (χ0v) is 16.2. The summed E-state index contributed by atoms with van der Waals surface area (Å²) >= 11 is 0. The fraction of sp³-hybridized carbons (Fsp3) is 0.944. The molecule has 5 nitrogen and oxygen atoms in total. The lowest BCUT2D eigenvalue weighted by atomic mass is 9.98. The SMILES string of the molecule is CC(C)OC1C[C@H]2CC[C@@H](C1)N2C(=O)[C@@H]1[C@H](C2CC2)N1P(C)(C)=O. The summed E-state index contributed by atoms with van der Waals surface area (Å²) in [4.78, 5) is 15.4. The van der Waals surface area contributed by atoms with Gasteiger partial charge in [0.1, 0.15) is 13.3 Å². The molecule has 2 unspecified atom stereocenters. The van der Waals surface area contributed by atoms with Gasteiger partial charge in [-0.1, -0.05) is 0 Å². The number of rotatable bonds is 5. The van der Waals surface area contributed by atoms with Crippen LogP contribution in [0.5, 0.6) is 0 Å². The third kappa shape index (κ3) is 2.97. The summed E-state index contributed by atoms with van der Waals surface area (Å²) in [5.74, 6) is 0.859. The van der Waals surface area contributed by atoms with Crippen LogP contribution >= 0.6 is 7.29 Å². The van der Waals surface area contributed by atoms with E-state index in [-0.39, 0.29) is 24.1 Å². The molecule has 6 atom stereocenters. The Morgan fingerprint density at radius 3 is 2.12 bits per heavy atom. The van der Waals surface area contributed by atoms with Gasteiger partial charge in [0, 0.05) is 31.5 Å². The van der Waals surface area contributed by atoms with E-state index >= 15 is 0 Å². The third-order valence-electron chi connectivity index (χ3n) is 6.15. The Labute approximate surface area is 145 Å². The molecule has 0 radical (unpaired) electrons. The van der Waals surface area contributed by atoms with E-state index in [9.17, 15) is 9.36 Å². The van der Waals surface area contributed by atoms with Crippen LogP contribution in [-0.4, -0.2) is 65.2 Å². The average Bonchev–Trinajstić information content (AvgIpc) is 3.32. The summed E-state index contributed by atoms with van der Waals surface area (Å²) in [5.41, 5.74) is 0. The third-order valence-corrected chi connectivity index (χ3v) is 7.78. The van der Waals surface area contributed by atoms with E-state index in [0.29, 0.717) is 24.1 Å². The molecule has 3 heterocycles. The number of ether oxygens (including phenoxy) is 1. The summed E-state index contributed by atoms with van der Waals surface area (Å²) in [6, 6.07) is 0.803. The zero-order chi connectivity index (χ0) is 17.2. The van der Waals surface area contributed by atoms with Crippen molar-refractivity contribution in [3.8, 4) is 0 Å². The van der Waals surface area contributed by atoms with Crippen molar-refractivity contribution in [2.24, 2.45) is 5.92 Å². The summed E-state index contributed by atoms with van der Waals surface area (Å²) in [7, 11) is -2.35. The van der Waals surface area contributed by atoms with Crippen molar-refractivity contribution in [2.45, 2.75) is 88.7 Å². The summed E-state index contributed by atoms with van der Waals surface area (Å²) in [6.07, 6.45) is 7.08. The molecule has 4 rings (SSSR count). The number of fused-ring (bicyclic) bond motifs is 2. The Bertz CT molecular complexity index is 557. The standard InChI is InChI=1S/C18H31N2O3P/c1-11(2)23-15-9-13-7-8-14(10-15)19(13)18(21)17-16(12-5-6-12)20(17)24(3,4)22/h11-17H,5-10H2,1-4H3/t13-,14+,15?,16-,17-,20?/m0/s1. The molecule has 4 aliphatic rings. The molecule has 6 heteroatoms. The van der Waals surface area contributed by atoms with Gasteiger partial charge in [-0.2, -0.15) is 0 Å². The number of nitrogens with zero attached hydrogens (tertiary/aromatic N) is 2. The van der Waals surface area contributed by atoms with Crippen LogP contribution in [0, 0.1) is 5.92 Å². The molecule has 0 aromatic rings. The van der Waals surface area contributed by atoms with Gasteiger partial charge in [-0.25, -0.2) is 4.67 Å². The molecule has 2 bridgehead atoms. The van der Waals surface area contributed by atoms with E-state index in [1.54, 1.807) is 0 Å². The molecule has 3 aliphatic heterocycles. The van der Waals surface area contributed by atoms with E-state index in [2.05, 4.69) is 18.7 Å². The maximum atomic E-state index is 13.3. The summed E-state index contributed by atoms with van der Waals surface area (Å²) < 4.78 is 20.7.